The Hall–Kier alpha value is -3.19. The average Bonchev–Trinajstić information content (AvgIpc) is 3.18. The van der Waals surface area contributed by atoms with Gasteiger partial charge < -0.3 is 9.47 Å². The minimum atomic E-state index is -0.404. The fourth-order valence-electron chi connectivity index (χ4n) is 2.77. The fraction of sp³-hybridized carbons (Fsp3) is 0.150. The first-order valence-corrected chi connectivity index (χ1v) is 9.27. The van der Waals surface area contributed by atoms with Gasteiger partial charge in [0.2, 0.25) is 0 Å². The Labute approximate surface area is 158 Å². The van der Waals surface area contributed by atoms with Gasteiger partial charge in [-0.15, -0.1) is 0 Å². The summed E-state index contributed by atoms with van der Waals surface area (Å²) < 4.78 is 12.4. The van der Waals surface area contributed by atoms with E-state index in [2.05, 4.69) is 4.98 Å². The lowest BCUT2D eigenvalue weighted by Crippen LogP contribution is -2.22. The van der Waals surface area contributed by atoms with Crippen LogP contribution in [0.5, 0.6) is 5.75 Å². The van der Waals surface area contributed by atoms with E-state index in [0.29, 0.717) is 21.8 Å². The second-order valence-electron chi connectivity index (χ2n) is 5.80. The highest BCUT2D eigenvalue weighted by Crippen LogP contribution is 2.16. The molecule has 0 atom stereocenters. The van der Waals surface area contributed by atoms with Crippen molar-refractivity contribution in [2.75, 3.05) is 13.2 Å². The third-order valence-corrected chi connectivity index (χ3v) is 4.95. The highest BCUT2D eigenvalue weighted by molar-refractivity contribution is 7.15. The lowest BCUT2D eigenvalue weighted by Gasteiger charge is -2.05. The number of hydrogen-bond donors (Lipinski definition) is 0. The van der Waals surface area contributed by atoms with Crippen LogP contribution >= 0.6 is 11.3 Å². The molecule has 6 nitrogen and oxygen atoms in total. The Balaban J connectivity index is 1.61. The summed E-state index contributed by atoms with van der Waals surface area (Å²) in [6, 6.07) is 14.8. The number of rotatable bonds is 5. The van der Waals surface area contributed by atoms with Crippen LogP contribution in [0.15, 0.2) is 53.3 Å². The topological polar surface area (TPSA) is 69.9 Å². The van der Waals surface area contributed by atoms with Crippen molar-refractivity contribution in [3.63, 3.8) is 0 Å². The van der Waals surface area contributed by atoms with Gasteiger partial charge in [-0.1, -0.05) is 35.6 Å². The van der Waals surface area contributed by atoms with E-state index in [4.69, 9.17) is 9.47 Å². The summed E-state index contributed by atoms with van der Waals surface area (Å²) in [6.07, 6.45) is 1.82. The number of carbonyl (C=O) groups excluding carboxylic acids is 1. The van der Waals surface area contributed by atoms with Crippen LogP contribution in [0.4, 0.5) is 0 Å². The molecule has 0 amide bonds. The molecule has 4 rings (SSSR count). The summed E-state index contributed by atoms with van der Waals surface area (Å²) in [5.74, 6) is 0.160. The first-order valence-electron chi connectivity index (χ1n) is 8.46. The zero-order chi connectivity index (χ0) is 18.8. The number of imidazole rings is 1. The first kappa shape index (κ1) is 17.2. The van der Waals surface area contributed by atoms with E-state index in [-0.39, 0.29) is 12.2 Å². The predicted octanol–water partition coefficient (Wildman–Crippen LogP) is 2.40. The summed E-state index contributed by atoms with van der Waals surface area (Å²) in [5, 5.41) is 0. The van der Waals surface area contributed by atoms with Crippen LogP contribution in [0.1, 0.15) is 12.5 Å². The van der Waals surface area contributed by atoms with Crippen molar-refractivity contribution in [3.05, 3.63) is 69.0 Å². The maximum absolute atomic E-state index is 12.7. The molecule has 4 aromatic rings. The molecule has 0 unspecified atom stereocenters. The number of carbonyl (C=O) groups is 1. The molecule has 0 aliphatic rings. The van der Waals surface area contributed by atoms with Crippen LogP contribution in [0, 0.1) is 0 Å². The SMILES string of the molecule is CCOC(=O)COc1ccc(/C=c2\sc3nc4ccccc4n3c2=O)cc1. The summed E-state index contributed by atoms with van der Waals surface area (Å²) in [6.45, 7) is 1.95. The van der Waals surface area contributed by atoms with Crippen LogP contribution < -0.4 is 14.8 Å². The van der Waals surface area contributed by atoms with Crippen molar-refractivity contribution >= 4 is 39.4 Å². The first-order chi connectivity index (χ1) is 13.2. The van der Waals surface area contributed by atoms with Crippen LogP contribution in [0.3, 0.4) is 0 Å². The summed E-state index contributed by atoms with van der Waals surface area (Å²) in [4.78, 5) is 29.2. The molecule has 0 spiro atoms. The van der Waals surface area contributed by atoms with Gasteiger partial charge in [0, 0.05) is 0 Å². The Kier molecular flexibility index (Phi) is 4.60. The van der Waals surface area contributed by atoms with Crippen molar-refractivity contribution in [3.8, 4) is 5.75 Å². The molecular formula is C20H16N2O4S. The van der Waals surface area contributed by atoms with Crippen molar-refractivity contribution in [2.24, 2.45) is 0 Å². The number of hydrogen-bond acceptors (Lipinski definition) is 6. The minimum absolute atomic E-state index is 0.0775. The number of aromatic nitrogens is 2. The molecule has 2 aromatic heterocycles. The van der Waals surface area contributed by atoms with Gasteiger partial charge >= 0.3 is 5.97 Å². The Morgan fingerprint density at radius 1 is 1.19 bits per heavy atom. The second-order valence-corrected chi connectivity index (χ2v) is 6.81. The van der Waals surface area contributed by atoms with E-state index in [0.717, 1.165) is 16.6 Å². The smallest absolute Gasteiger partial charge is 0.344 e. The molecule has 0 bridgehead atoms. The molecule has 0 saturated heterocycles. The Bertz CT molecular complexity index is 1220. The lowest BCUT2D eigenvalue weighted by atomic mass is 10.2. The number of nitrogens with zero attached hydrogens (tertiary/aromatic N) is 2. The number of thiazole rings is 1. The van der Waals surface area contributed by atoms with E-state index < -0.39 is 5.97 Å². The second kappa shape index (κ2) is 7.20. The number of benzene rings is 2. The van der Waals surface area contributed by atoms with Gasteiger partial charge in [0.1, 0.15) is 5.75 Å². The Morgan fingerprint density at radius 3 is 2.74 bits per heavy atom. The van der Waals surface area contributed by atoms with Gasteiger partial charge in [-0.2, -0.15) is 0 Å². The van der Waals surface area contributed by atoms with E-state index >= 15 is 0 Å². The van der Waals surface area contributed by atoms with Crippen molar-refractivity contribution in [1.82, 2.24) is 9.38 Å². The molecular weight excluding hydrogens is 364 g/mol. The van der Waals surface area contributed by atoms with Crippen LogP contribution in [-0.4, -0.2) is 28.6 Å². The van der Waals surface area contributed by atoms with Crippen LogP contribution in [0.25, 0.3) is 22.1 Å². The Morgan fingerprint density at radius 2 is 1.96 bits per heavy atom. The van der Waals surface area contributed by atoms with E-state index in [1.165, 1.54) is 11.3 Å². The van der Waals surface area contributed by atoms with Crippen molar-refractivity contribution in [2.45, 2.75) is 6.92 Å². The summed E-state index contributed by atoms with van der Waals surface area (Å²) >= 11 is 1.36. The maximum atomic E-state index is 12.7. The normalized spacial score (nSPS) is 12.0. The average molecular weight is 380 g/mol. The van der Waals surface area contributed by atoms with Crippen molar-refractivity contribution < 1.29 is 14.3 Å². The monoisotopic (exact) mass is 380 g/mol. The third-order valence-electron chi connectivity index (χ3n) is 3.99. The standard InChI is InChI=1S/C20H16N2O4S/c1-2-25-18(23)12-26-14-9-7-13(8-10-14)11-17-19(24)22-16-6-4-3-5-15(16)21-20(22)27-17/h3-11H,2,12H2,1H3/b17-11-. The van der Waals surface area contributed by atoms with Gasteiger partial charge in [0.25, 0.3) is 5.56 Å². The van der Waals surface area contributed by atoms with Crippen molar-refractivity contribution in [1.29, 1.82) is 0 Å². The van der Waals surface area contributed by atoms with Gasteiger partial charge in [-0.25, -0.2) is 14.2 Å². The summed E-state index contributed by atoms with van der Waals surface area (Å²) in [5.41, 5.74) is 2.42. The zero-order valence-corrected chi connectivity index (χ0v) is 15.4. The molecule has 0 aliphatic heterocycles. The lowest BCUT2D eigenvalue weighted by molar-refractivity contribution is -0.145. The largest absolute Gasteiger partial charge is 0.482 e. The van der Waals surface area contributed by atoms with Crippen LogP contribution in [-0.2, 0) is 9.53 Å². The van der Waals surface area contributed by atoms with E-state index in [9.17, 15) is 9.59 Å². The molecule has 7 heteroatoms. The molecule has 136 valence electrons. The van der Waals surface area contributed by atoms with E-state index in [1.54, 1.807) is 23.5 Å². The van der Waals surface area contributed by atoms with Gasteiger partial charge in [0.15, 0.2) is 11.6 Å². The number of para-hydroxylation sites is 2. The van der Waals surface area contributed by atoms with Gasteiger partial charge in [0.05, 0.1) is 22.2 Å². The fourth-order valence-corrected chi connectivity index (χ4v) is 3.76. The van der Waals surface area contributed by atoms with E-state index in [1.807, 2.05) is 42.5 Å². The van der Waals surface area contributed by atoms with Gasteiger partial charge in [-0.3, -0.25) is 4.79 Å². The number of ether oxygens (including phenoxy) is 2. The molecule has 0 N–H and O–H groups in total. The van der Waals surface area contributed by atoms with Gasteiger partial charge in [-0.05, 0) is 42.8 Å². The highest BCUT2D eigenvalue weighted by atomic mass is 32.1. The molecule has 27 heavy (non-hydrogen) atoms. The molecule has 0 fully saturated rings. The predicted molar refractivity (Wildman–Crippen MR) is 104 cm³/mol. The highest BCUT2D eigenvalue weighted by Gasteiger charge is 2.10. The third kappa shape index (κ3) is 3.41. The molecule has 0 aliphatic carbocycles. The number of esters is 1. The summed E-state index contributed by atoms with van der Waals surface area (Å²) in [7, 11) is 0. The molecule has 0 saturated carbocycles. The zero-order valence-electron chi connectivity index (χ0n) is 14.5. The molecule has 0 radical (unpaired) electrons. The minimum Gasteiger partial charge on any atom is -0.482 e. The van der Waals surface area contributed by atoms with Crippen LogP contribution in [0.2, 0.25) is 0 Å². The molecule has 2 aromatic carbocycles. The maximum Gasteiger partial charge on any atom is 0.344 e. The number of fused-ring (bicyclic) bond motifs is 3. The molecule has 2 heterocycles. The quantitative estimate of drug-likeness (QED) is 0.497.